The topological polar surface area (TPSA) is 87.8 Å². The van der Waals surface area contributed by atoms with Gasteiger partial charge < -0.3 is 11.1 Å². The highest BCUT2D eigenvalue weighted by molar-refractivity contribution is 6.06. The summed E-state index contributed by atoms with van der Waals surface area (Å²) < 4.78 is 0. The Labute approximate surface area is 130 Å². The third-order valence-electron chi connectivity index (χ3n) is 4.93. The molecule has 6 nitrogen and oxygen atoms in total. The number of guanidine groups is 1. The second kappa shape index (κ2) is 6.10. The molecular weight excluding hydrogens is 280 g/mol. The summed E-state index contributed by atoms with van der Waals surface area (Å²) >= 11 is 0. The first-order valence-electron chi connectivity index (χ1n) is 8.20. The van der Waals surface area contributed by atoms with Gasteiger partial charge in [-0.3, -0.25) is 19.5 Å². The zero-order valence-electron chi connectivity index (χ0n) is 13.0. The fourth-order valence-corrected chi connectivity index (χ4v) is 3.93. The Morgan fingerprint density at radius 1 is 1.32 bits per heavy atom. The van der Waals surface area contributed by atoms with Gasteiger partial charge in [-0.25, -0.2) is 0 Å². The summed E-state index contributed by atoms with van der Waals surface area (Å²) in [5.74, 6) is 0.870. The Morgan fingerprint density at radius 3 is 2.55 bits per heavy atom. The monoisotopic (exact) mass is 304 g/mol. The minimum absolute atomic E-state index is 0.0273. The van der Waals surface area contributed by atoms with Crippen molar-refractivity contribution in [3.05, 3.63) is 12.2 Å². The number of hydrogen-bond donors (Lipinski definition) is 2. The van der Waals surface area contributed by atoms with E-state index in [1.165, 1.54) is 4.90 Å². The van der Waals surface area contributed by atoms with Crippen LogP contribution in [0.2, 0.25) is 0 Å². The Kier molecular flexibility index (Phi) is 4.18. The third-order valence-corrected chi connectivity index (χ3v) is 4.93. The van der Waals surface area contributed by atoms with E-state index in [0.29, 0.717) is 32.0 Å². The number of aliphatic imine (C=N–C) groups is 1. The highest BCUT2D eigenvalue weighted by atomic mass is 16.2. The number of fused-ring (bicyclic) bond motifs is 5. The van der Waals surface area contributed by atoms with Gasteiger partial charge in [-0.15, -0.1) is 0 Å². The summed E-state index contributed by atoms with van der Waals surface area (Å²) in [6.45, 7) is 3.84. The maximum atomic E-state index is 12.5. The minimum atomic E-state index is -0.0911. The highest BCUT2D eigenvalue weighted by Crippen LogP contribution is 2.52. The van der Waals surface area contributed by atoms with Gasteiger partial charge in [0.2, 0.25) is 11.8 Å². The molecule has 3 N–H and O–H groups in total. The van der Waals surface area contributed by atoms with Crippen LogP contribution >= 0.6 is 0 Å². The molecule has 1 saturated carbocycles. The first kappa shape index (κ1) is 15.1. The average molecular weight is 304 g/mol. The molecule has 2 fully saturated rings. The number of nitrogens with two attached hydrogens (primary N) is 1. The van der Waals surface area contributed by atoms with Gasteiger partial charge in [0.05, 0.1) is 11.8 Å². The van der Waals surface area contributed by atoms with Gasteiger partial charge in [0, 0.05) is 19.6 Å². The normalized spacial score (nSPS) is 33.0. The molecule has 0 aromatic heterocycles. The van der Waals surface area contributed by atoms with Crippen LogP contribution in [0.15, 0.2) is 17.1 Å². The Bertz CT molecular complexity index is 498. The number of carbonyl (C=O) groups is 2. The lowest BCUT2D eigenvalue weighted by atomic mass is 9.85. The number of rotatable bonds is 6. The number of carbonyl (C=O) groups excluding carboxylic acids is 2. The predicted octanol–water partition coefficient (Wildman–Crippen LogP) is 0.498. The van der Waals surface area contributed by atoms with Gasteiger partial charge in [0.1, 0.15) is 0 Å². The van der Waals surface area contributed by atoms with E-state index in [0.717, 1.165) is 12.8 Å². The van der Waals surface area contributed by atoms with Crippen molar-refractivity contribution in [2.24, 2.45) is 34.4 Å². The van der Waals surface area contributed by atoms with Crippen LogP contribution in [0.4, 0.5) is 0 Å². The maximum absolute atomic E-state index is 12.5. The summed E-state index contributed by atoms with van der Waals surface area (Å²) in [6.07, 6.45) is 6.87. The van der Waals surface area contributed by atoms with E-state index < -0.39 is 0 Å². The van der Waals surface area contributed by atoms with Crippen LogP contribution in [0.5, 0.6) is 0 Å². The van der Waals surface area contributed by atoms with Crippen LogP contribution in [-0.4, -0.2) is 42.3 Å². The SMILES string of the molecule is CCCN=C(N)NCCCN1C(=O)C2C3C=CC(C3)C2C1=O. The van der Waals surface area contributed by atoms with Gasteiger partial charge in [-0.1, -0.05) is 19.1 Å². The van der Waals surface area contributed by atoms with Gasteiger partial charge in [0.15, 0.2) is 5.96 Å². The zero-order chi connectivity index (χ0) is 15.7. The van der Waals surface area contributed by atoms with Gasteiger partial charge in [-0.2, -0.15) is 0 Å². The highest BCUT2D eigenvalue weighted by Gasteiger charge is 2.58. The molecule has 2 amide bonds. The van der Waals surface area contributed by atoms with Crippen LogP contribution < -0.4 is 11.1 Å². The first-order chi connectivity index (χ1) is 10.6. The maximum Gasteiger partial charge on any atom is 0.233 e. The number of amides is 2. The number of nitrogens with one attached hydrogen (secondary N) is 1. The van der Waals surface area contributed by atoms with Crippen LogP contribution in [0, 0.1) is 23.7 Å². The van der Waals surface area contributed by atoms with Crippen LogP contribution in [0.1, 0.15) is 26.2 Å². The van der Waals surface area contributed by atoms with Crippen molar-refractivity contribution in [3.8, 4) is 0 Å². The van der Waals surface area contributed by atoms with Crippen LogP contribution in [-0.2, 0) is 9.59 Å². The average Bonchev–Trinajstić information content (AvgIpc) is 3.17. The van der Waals surface area contributed by atoms with E-state index in [2.05, 4.69) is 22.5 Å². The molecule has 0 spiro atoms. The molecule has 0 aromatic carbocycles. The predicted molar refractivity (Wildman–Crippen MR) is 83.8 cm³/mol. The summed E-state index contributed by atoms with van der Waals surface area (Å²) in [4.78, 5) is 30.5. The van der Waals surface area contributed by atoms with E-state index in [1.807, 2.05) is 6.92 Å². The van der Waals surface area contributed by atoms with Gasteiger partial charge in [-0.05, 0) is 31.1 Å². The molecule has 120 valence electrons. The molecule has 2 aliphatic carbocycles. The molecule has 3 rings (SSSR count). The molecule has 1 saturated heterocycles. The molecule has 0 aromatic rings. The lowest BCUT2D eigenvalue weighted by Gasteiger charge is -2.17. The quantitative estimate of drug-likeness (QED) is 0.246. The van der Waals surface area contributed by atoms with Crippen molar-refractivity contribution in [2.75, 3.05) is 19.6 Å². The summed E-state index contributed by atoms with van der Waals surface area (Å²) in [6, 6.07) is 0. The summed E-state index contributed by atoms with van der Waals surface area (Å²) in [5.41, 5.74) is 5.71. The van der Waals surface area contributed by atoms with Crippen molar-refractivity contribution in [1.29, 1.82) is 0 Å². The molecule has 4 unspecified atom stereocenters. The van der Waals surface area contributed by atoms with Crippen molar-refractivity contribution in [2.45, 2.75) is 26.2 Å². The summed E-state index contributed by atoms with van der Waals surface area (Å²) in [5, 5.41) is 3.02. The van der Waals surface area contributed by atoms with Gasteiger partial charge in [0.25, 0.3) is 0 Å². The number of nitrogens with zero attached hydrogens (tertiary/aromatic N) is 2. The van der Waals surface area contributed by atoms with Crippen molar-refractivity contribution in [3.63, 3.8) is 0 Å². The van der Waals surface area contributed by atoms with Gasteiger partial charge >= 0.3 is 0 Å². The molecule has 6 heteroatoms. The molecule has 1 aliphatic heterocycles. The molecule has 2 bridgehead atoms. The van der Waals surface area contributed by atoms with E-state index >= 15 is 0 Å². The molecule has 0 radical (unpaired) electrons. The van der Waals surface area contributed by atoms with E-state index in [-0.39, 0.29) is 35.5 Å². The van der Waals surface area contributed by atoms with Crippen molar-refractivity contribution in [1.82, 2.24) is 10.2 Å². The lowest BCUT2D eigenvalue weighted by molar-refractivity contribution is -0.140. The Hall–Kier alpha value is -1.85. The third kappa shape index (κ3) is 2.51. The fraction of sp³-hybridized carbons (Fsp3) is 0.688. The van der Waals surface area contributed by atoms with E-state index in [9.17, 15) is 9.59 Å². The molecular formula is C16H24N4O2. The Balaban J connectivity index is 1.48. The first-order valence-corrected chi connectivity index (χ1v) is 8.20. The molecule has 4 atom stereocenters. The largest absolute Gasteiger partial charge is 0.370 e. The fourth-order valence-electron chi connectivity index (χ4n) is 3.93. The van der Waals surface area contributed by atoms with Crippen molar-refractivity contribution < 1.29 is 9.59 Å². The van der Waals surface area contributed by atoms with E-state index in [1.54, 1.807) is 0 Å². The molecule has 1 heterocycles. The lowest BCUT2D eigenvalue weighted by Crippen LogP contribution is -2.37. The van der Waals surface area contributed by atoms with E-state index in [4.69, 9.17) is 5.73 Å². The number of likely N-dealkylation sites (tertiary alicyclic amines) is 1. The number of hydrogen-bond acceptors (Lipinski definition) is 3. The minimum Gasteiger partial charge on any atom is -0.370 e. The van der Waals surface area contributed by atoms with Crippen molar-refractivity contribution >= 4 is 17.8 Å². The summed E-state index contributed by atoms with van der Waals surface area (Å²) in [7, 11) is 0. The Morgan fingerprint density at radius 2 is 1.95 bits per heavy atom. The molecule has 3 aliphatic rings. The zero-order valence-corrected chi connectivity index (χ0v) is 13.0. The standard InChI is InChI=1S/C16H24N4O2/c1-2-6-18-16(17)19-7-3-8-20-14(21)12-10-4-5-11(9-10)13(12)15(20)22/h4-5,10-13H,2-3,6-9H2,1H3,(H3,17,18,19). The van der Waals surface area contributed by atoms with Crippen LogP contribution in [0.3, 0.4) is 0 Å². The smallest absolute Gasteiger partial charge is 0.233 e. The number of imide groups is 1. The molecule has 22 heavy (non-hydrogen) atoms. The van der Waals surface area contributed by atoms with Crippen LogP contribution in [0.25, 0.3) is 0 Å². The second-order valence-corrected chi connectivity index (χ2v) is 6.38. The second-order valence-electron chi connectivity index (χ2n) is 6.38. The number of allylic oxidation sites excluding steroid dienone is 2.